The maximum absolute atomic E-state index is 13.3. The van der Waals surface area contributed by atoms with Crippen LogP contribution in [0, 0.1) is 6.92 Å². The molecular formula is C27H31N9O4. The van der Waals surface area contributed by atoms with Crippen molar-refractivity contribution in [3.63, 3.8) is 0 Å². The standard InChI is InChI=1S/C27H31N9O4/c1-3-38-23-14-20(10-11-22(23)39-17-19-8-6-18(2)7-9-19)15-29-31-27(37)24-21(16-35-12-4-5-13-35)30-34-36(24)26-25(28)32-40-33-26/h6-11,14-15H,3-5,12-13,16-17H2,1-2H3,(H2,28,32)(H,31,37). The molecule has 40 heavy (non-hydrogen) atoms. The lowest BCUT2D eigenvalue weighted by molar-refractivity contribution is 0.0945. The molecule has 3 N–H and O–H groups in total. The van der Waals surface area contributed by atoms with Crippen LogP contribution >= 0.6 is 0 Å². The monoisotopic (exact) mass is 545 g/mol. The summed E-state index contributed by atoms with van der Waals surface area (Å²) in [5.41, 5.74) is 12.0. The van der Waals surface area contributed by atoms with Crippen molar-refractivity contribution in [2.24, 2.45) is 5.10 Å². The lowest BCUT2D eigenvalue weighted by atomic mass is 10.2. The van der Waals surface area contributed by atoms with Crippen LogP contribution in [0.15, 0.2) is 52.2 Å². The van der Waals surface area contributed by atoms with Gasteiger partial charge in [-0.15, -0.1) is 5.10 Å². The van der Waals surface area contributed by atoms with Crippen molar-refractivity contribution in [1.82, 2.24) is 35.6 Å². The molecule has 0 saturated carbocycles. The van der Waals surface area contributed by atoms with Crippen molar-refractivity contribution in [1.29, 1.82) is 0 Å². The maximum atomic E-state index is 13.3. The Balaban J connectivity index is 1.30. The number of ether oxygens (including phenoxy) is 2. The van der Waals surface area contributed by atoms with Gasteiger partial charge in [0.05, 0.1) is 12.8 Å². The first kappa shape index (κ1) is 26.8. The third-order valence-electron chi connectivity index (χ3n) is 6.39. The molecule has 0 unspecified atom stereocenters. The number of nitrogen functional groups attached to an aromatic ring is 1. The number of hydrogen-bond donors (Lipinski definition) is 2. The molecule has 0 spiro atoms. The SMILES string of the molecule is CCOc1cc(C=NNC(=O)c2c(CN3CCCC3)nnn2-c2nonc2N)ccc1OCc1ccc(C)cc1. The van der Waals surface area contributed by atoms with Crippen LogP contribution in [-0.2, 0) is 13.2 Å². The molecule has 2 aromatic heterocycles. The molecule has 2 aromatic carbocycles. The van der Waals surface area contributed by atoms with Crippen LogP contribution in [0.4, 0.5) is 5.82 Å². The van der Waals surface area contributed by atoms with Crippen molar-refractivity contribution in [2.45, 2.75) is 39.8 Å². The highest BCUT2D eigenvalue weighted by Crippen LogP contribution is 2.29. The van der Waals surface area contributed by atoms with E-state index in [-0.39, 0.29) is 17.3 Å². The van der Waals surface area contributed by atoms with E-state index in [4.69, 9.17) is 19.8 Å². The summed E-state index contributed by atoms with van der Waals surface area (Å²) >= 11 is 0. The Bertz CT molecular complexity index is 1470. The largest absolute Gasteiger partial charge is 0.490 e. The Kier molecular flexibility index (Phi) is 8.30. The van der Waals surface area contributed by atoms with Gasteiger partial charge in [-0.1, -0.05) is 35.0 Å². The first-order chi connectivity index (χ1) is 19.5. The number of likely N-dealkylation sites (tertiary alicyclic amines) is 1. The number of amides is 1. The summed E-state index contributed by atoms with van der Waals surface area (Å²) in [4.78, 5) is 15.5. The lowest BCUT2D eigenvalue weighted by Crippen LogP contribution is -2.26. The molecule has 208 valence electrons. The first-order valence-electron chi connectivity index (χ1n) is 13.1. The summed E-state index contributed by atoms with van der Waals surface area (Å²) in [5, 5.41) is 19.8. The number of aromatic nitrogens is 5. The molecule has 1 amide bonds. The van der Waals surface area contributed by atoms with Gasteiger partial charge in [0.25, 0.3) is 5.91 Å². The van der Waals surface area contributed by atoms with Crippen molar-refractivity contribution in [2.75, 3.05) is 25.4 Å². The Hall–Kier alpha value is -4.78. The van der Waals surface area contributed by atoms with E-state index in [1.54, 1.807) is 6.07 Å². The number of carbonyl (C=O) groups excluding carboxylic acids is 1. The van der Waals surface area contributed by atoms with Crippen LogP contribution in [0.25, 0.3) is 5.82 Å². The normalized spacial score (nSPS) is 13.7. The summed E-state index contributed by atoms with van der Waals surface area (Å²) in [6.45, 7) is 7.13. The fourth-order valence-corrected chi connectivity index (χ4v) is 4.34. The Morgan fingerprint density at radius 1 is 1.12 bits per heavy atom. The minimum atomic E-state index is -0.527. The van der Waals surface area contributed by atoms with Crippen LogP contribution in [0.5, 0.6) is 11.5 Å². The quantitative estimate of drug-likeness (QED) is 0.212. The molecule has 0 bridgehead atoms. The maximum Gasteiger partial charge on any atom is 0.292 e. The molecule has 5 rings (SSSR count). The fraction of sp³-hybridized carbons (Fsp3) is 0.333. The number of anilines is 1. The van der Waals surface area contributed by atoms with Crippen LogP contribution in [0.3, 0.4) is 0 Å². The van der Waals surface area contributed by atoms with E-state index >= 15 is 0 Å². The van der Waals surface area contributed by atoms with Gasteiger partial charge in [-0.05, 0) is 79.4 Å². The van der Waals surface area contributed by atoms with E-state index in [1.165, 1.54) is 16.5 Å². The molecule has 13 heteroatoms. The van der Waals surface area contributed by atoms with E-state index in [1.807, 2.05) is 50.2 Å². The summed E-state index contributed by atoms with van der Waals surface area (Å²) < 4.78 is 17.7. The first-order valence-corrected chi connectivity index (χ1v) is 13.1. The van der Waals surface area contributed by atoms with Crippen LogP contribution in [0.2, 0.25) is 0 Å². The average Bonchev–Trinajstić information content (AvgIpc) is 3.71. The third kappa shape index (κ3) is 6.26. The topological polar surface area (TPSA) is 159 Å². The zero-order valence-electron chi connectivity index (χ0n) is 22.4. The number of hydrazone groups is 1. The van der Waals surface area contributed by atoms with Crippen LogP contribution in [0.1, 0.15) is 52.6 Å². The zero-order valence-corrected chi connectivity index (χ0v) is 22.4. The molecule has 13 nitrogen and oxygen atoms in total. The summed E-state index contributed by atoms with van der Waals surface area (Å²) in [5.74, 6) is 0.735. The smallest absolute Gasteiger partial charge is 0.292 e. The van der Waals surface area contributed by atoms with E-state index in [9.17, 15) is 4.79 Å². The summed E-state index contributed by atoms with van der Waals surface area (Å²) in [6.07, 6.45) is 3.71. The molecule has 0 radical (unpaired) electrons. The number of nitrogens with one attached hydrogen (secondary N) is 1. The Labute approximate surface area is 230 Å². The zero-order chi connectivity index (χ0) is 27.9. The van der Waals surface area contributed by atoms with Crippen molar-refractivity contribution in [3.8, 4) is 17.3 Å². The van der Waals surface area contributed by atoms with Gasteiger partial charge in [0.15, 0.2) is 17.2 Å². The predicted molar refractivity (Wildman–Crippen MR) is 146 cm³/mol. The van der Waals surface area contributed by atoms with Gasteiger partial charge in [-0.3, -0.25) is 9.69 Å². The van der Waals surface area contributed by atoms with E-state index < -0.39 is 5.91 Å². The fourth-order valence-electron chi connectivity index (χ4n) is 4.34. The van der Waals surface area contributed by atoms with E-state index in [0.29, 0.717) is 42.5 Å². The molecule has 1 aliphatic heterocycles. The number of nitrogens with two attached hydrogens (primary N) is 1. The van der Waals surface area contributed by atoms with Gasteiger partial charge >= 0.3 is 0 Å². The number of rotatable bonds is 11. The van der Waals surface area contributed by atoms with Crippen molar-refractivity contribution < 1.29 is 18.9 Å². The van der Waals surface area contributed by atoms with Crippen molar-refractivity contribution >= 4 is 17.9 Å². The van der Waals surface area contributed by atoms with Crippen LogP contribution < -0.4 is 20.6 Å². The Morgan fingerprint density at radius 3 is 2.65 bits per heavy atom. The van der Waals surface area contributed by atoms with Crippen molar-refractivity contribution in [3.05, 3.63) is 70.5 Å². The minimum Gasteiger partial charge on any atom is -0.490 e. The second kappa shape index (κ2) is 12.4. The number of carbonyl (C=O) groups is 1. The number of benzene rings is 2. The molecule has 1 aliphatic rings. The van der Waals surface area contributed by atoms with E-state index in [2.05, 4.69) is 36.1 Å². The Morgan fingerprint density at radius 2 is 1.93 bits per heavy atom. The summed E-state index contributed by atoms with van der Waals surface area (Å²) in [6, 6.07) is 13.6. The highest BCUT2D eigenvalue weighted by atomic mass is 16.6. The molecule has 1 saturated heterocycles. The van der Waals surface area contributed by atoms with Gasteiger partial charge in [-0.2, -0.15) is 9.78 Å². The average molecular weight is 546 g/mol. The molecule has 3 heterocycles. The second-order valence-electron chi connectivity index (χ2n) is 9.37. The van der Waals surface area contributed by atoms with Gasteiger partial charge in [0, 0.05) is 6.54 Å². The molecular weight excluding hydrogens is 514 g/mol. The number of nitrogens with zero attached hydrogens (tertiary/aromatic N) is 7. The molecule has 1 fully saturated rings. The second-order valence-corrected chi connectivity index (χ2v) is 9.37. The summed E-state index contributed by atoms with van der Waals surface area (Å²) in [7, 11) is 0. The predicted octanol–water partition coefficient (Wildman–Crippen LogP) is 2.88. The highest BCUT2D eigenvalue weighted by Gasteiger charge is 2.26. The van der Waals surface area contributed by atoms with Gasteiger partial charge in [0.2, 0.25) is 11.6 Å². The number of aryl methyl sites for hydroxylation is 1. The molecule has 0 aliphatic carbocycles. The molecule has 4 aromatic rings. The third-order valence-corrected chi connectivity index (χ3v) is 6.39. The van der Waals surface area contributed by atoms with Gasteiger partial charge in [0.1, 0.15) is 12.3 Å². The van der Waals surface area contributed by atoms with Crippen LogP contribution in [-0.4, -0.2) is 62.0 Å². The van der Waals surface area contributed by atoms with Gasteiger partial charge in [-0.25, -0.2) is 10.1 Å². The number of hydrogen-bond acceptors (Lipinski definition) is 11. The van der Waals surface area contributed by atoms with Gasteiger partial charge < -0.3 is 15.2 Å². The highest BCUT2D eigenvalue weighted by molar-refractivity contribution is 5.95. The minimum absolute atomic E-state index is 0.0108. The molecule has 0 atom stereocenters. The lowest BCUT2D eigenvalue weighted by Gasteiger charge is -2.13. The van der Waals surface area contributed by atoms with E-state index in [0.717, 1.165) is 31.5 Å².